The van der Waals surface area contributed by atoms with E-state index in [2.05, 4.69) is 22.5 Å². The van der Waals surface area contributed by atoms with E-state index in [1.807, 2.05) is 12.1 Å². The predicted octanol–water partition coefficient (Wildman–Crippen LogP) is 1.95. The van der Waals surface area contributed by atoms with Crippen molar-refractivity contribution in [2.24, 2.45) is 4.99 Å². The second kappa shape index (κ2) is 8.80. The molecule has 1 saturated heterocycles. The van der Waals surface area contributed by atoms with Gasteiger partial charge in [-0.1, -0.05) is 0 Å². The number of rotatable bonds is 7. The van der Waals surface area contributed by atoms with E-state index in [-0.39, 0.29) is 5.60 Å². The number of nitrogens with zero attached hydrogens (tertiary/aromatic N) is 1. The smallest absolute Gasteiger partial charge is 0.203 e. The largest absolute Gasteiger partial charge is 0.493 e. The first-order valence-corrected chi connectivity index (χ1v) is 8.42. The lowest BCUT2D eigenvalue weighted by atomic mass is 10.0. The molecule has 0 radical (unpaired) electrons. The summed E-state index contributed by atoms with van der Waals surface area (Å²) in [6.07, 6.45) is 2.17. The van der Waals surface area contributed by atoms with Gasteiger partial charge in [-0.25, -0.2) is 0 Å². The molecule has 1 unspecified atom stereocenters. The third-order valence-corrected chi connectivity index (χ3v) is 4.34. The van der Waals surface area contributed by atoms with E-state index in [0.717, 1.165) is 37.5 Å². The molecule has 0 bridgehead atoms. The second-order valence-corrected chi connectivity index (χ2v) is 6.21. The van der Waals surface area contributed by atoms with E-state index in [1.54, 1.807) is 28.4 Å². The lowest BCUT2D eigenvalue weighted by Gasteiger charge is -2.24. The van der Waals surface area contributed by atoms with Crippen LogP contribution in [0, 0.1) is 0 Å². The minimum absolute atomic E-state index is 0.121. The van der Waals surface area contributed by atoms with E-state index < -0.39 is 0 Å². The van der Waals surface area contributed by atoms with Crippen molar-refractivity contribution >= 4 is 5.96 Å². The Morgan fingerprint density at radius 1 is 1.16 bits per heavy atom. The van der Waals surface area contributed by atoms with Crippen LogP contribution in [0.15, 0.2) is 17.1 Å². The molecular weight excluding hydrogens is 322 g/mol. The van der Waals surface area contributed by atoms with Gasteiger partial charge in [0.1, 0.15) is 0 Å². The van der Waals surface area contributed by atoms with E-state index in [9.17, 15) is 0 Å². The average Bonchev–Trinajstić information content (AvgIpc) is 3.07. The molecule has 2 N–H and O–H groups in total. The van der Waals surface area contributed by atoms with Gasteiger partial charge >= 0.3 is 0 Å². The van der Waals surface area contributed by atoms with Crippen LogP contribution in [0.5, 0.6) is 17.2 Å². The summed E-state index contributed by atoms with van der Waals surface area (Å²) in [5, 5.41) is 6.63. The molecule has 25 heavy (non-hydrogen) atoms. The molecule has 0 aromatic heterocycles. The highest BCUT2D eigenvalue weighted by Gasteiger charge is 2.29. The topological polar surface area (TPSA) is 73.3 Å². The number of nitrogens with one attached hydrogen (secondary N) is 2. The number of aliphatic imine (C=N–C) groups is 1. The fourth-order valence-corrected chi connectivity index (χ4v) is 2.89. The van der Waals surface area contributed by atoms with Crippen molar-refractivity contribution < 1.29 is 18.9 Å². The maximum absolute atomic E-state index is 5.79. The zero-order valence-corrected chi connectivity index (χ0v) is 15.8. The molecule has 7 heteroatoms. The summed E-state index contributed by atoms with van der Waals surface area (Å²) in [6.45, 7) is 4.25. The zero-order chi connectivity index (χ0) is 18.3. The van der Waals surface area contributed by atoms with Crippen LogP contribution in [0.3, 0.4) is 0 Å². The van der Waals surface area contributed by atoms with E-state index in [0.29, 0.717) is 23.8 Å². The van der Waals surface area contributed by atoms with Crippen molar-refractivity contribution in [3.05, 3.63) is 17.7 Å². The van der Waals surface area contributed by atoms with E-state index in [4.69, 9.17) is 18.9 Å². The van der Waals surface area contributed by atoms with Gasteiger partial charge in [-0.15, -0.1) is 0 Å². The van der Waals surface area contributed by atoms with Crippen molar-refractivity contribution in [1.82, 2.24) is 10.6 Å². The molecule has 0 amide bonds. The number of benzene rings is 1. The van der Waals surface area contributed by atoms with Crippen LogP contribution in [0.2, 0.25) is 0 Å². The van der Waals surface area contributed by atoms with Crippen LogP contribution in [0.4, 0.5) is 0 Å². The van der Waals surface area contributed by atoms with Crippen LogP contribution in [0.25, 0.3) is 0 Å². The highest BCUT2D eigenvalue weighted by Crippen LogP contribution is 2.38. The van der Waals surface area contributed by atoms with Gasteiger partial charge in [-0.05, 0) is 37.5 Å². The molecule has 0 spiro atoms. The van der Waals surface area contributed by atoms with Gasteiger partial charge in [0.25, 0.3) is 0 Å². The number of hydrogen-bond acceptors (Lipinski definition) is 5. The third kappa shape index (κ3) is 4.92. The molecule has 1 aliphatic rings. The Bertz CT molecular complexity index is 573. The Hall–Kier alpha value is -2.15. The van der Waals surface area contributed by atoms with Gasteiger partial charge in [0, 0.05) is 26.7 Å². The van der Waals surface area contributed by atoms with Crippen LogP contribution < -0.4 is 24.8 Å². The van der Waals surface area contributed by atoms with Crippen molar-refractivity contribution in [3.63, 3.8) is 0 Å². The Labute approximate surface area is 149 Å². The quantitative estimate of drug-likeness (QED) is 0.578. The van der Waals surface area contributed by atoms with Crippen LogP contribution >= 0.6 is 0 Å². The Balaban J connectivity index is 1.98. The standard InChI is InChI=1S/C18H29N3O4/c1-18(7-6-8-25-18)12-21-17(19-2)20-11-13-9-14(22-3)16(24-5)15(10-13)23-4/h9-10H,6-8,11-12H2,1-5H3,(H2,19,20,21). The monoisotopic (exact) mass is 351 g/mol. The van der Waals surface area contributed by atoms with Gasteiger partial charge in [0.05, 0.1) is 26.9 Å². The average molecular weight is 351 g/mol. The molecule has 1 fully saturated rings. The minimum atomic E-state index is -0.121. The summed E-state index contributed by atoms with van der Waals surface area (Å²) in [5.41, 5.74) is 0.880. The first-order chi connectivity index (χ1) is 12.0. The fourth-order valence-electron chi connectivity index (χ4n) is 2.89. The summed E-state index contributed by atoms with van der Waals surface area (Å²) in [7, 11) is 6.56. The molecule has 0 aliphatic carbocycles. The predicted molar refractivity (Wildman–Crippen MR) is 97.9 cm³/mol. The van der Waals surface area contributed by atoms with Crippen molar-refractivity contribution in [2.45, 2.75) is 31.9 Å². The summed E-state index contributed by atoms with van der Waals surface area (Å²) < 4.78 is 21.9. The van der Waals surface area contributed by atoms with Crippen LogP contribution in [0.1, 0.15) is 25.3 Å². The van der Waals surface area contributed by atoms with Crippen molar-refractivity contribution in [2.75, 3.05) is 41.5 Å². The van der Waals surface area contributed by atoms with Gasteiger partial charge in [0.2, 0.25) is 5.75 Å². The number of methoxy groups -OCH3 is 3. The molecule has 1 heterocycles. The summed E-state index contributed by atoms with van der Waals surface area (Å²) >= 11 is 0. The molecule has 0 saturated carbocycles. The zero-order valence-electron chi connectivity index (χ0n) is 15.8. The molecule has 7 nitrogen and oxygen atoms in total. The SMILES string of the molecule is CN=C(NCc1cc(OC)c(OC)c(OC)c1)NCC1(C)CCCO1. The number of hydrogen-bond donors (Lipinski definition) is 2. The summed E-state index contributed by atoms with van der Waals surface area (Å²) in [5.74, 6) is 2.58. The number of guanidine groups is 1. The first kappa shape index (κ1) is 19.2. The Morgan fingerprint density at radius 3 is 2.32 bits per heavy atom. The van der Waals surface area contributed by atoms with Gasteiger partial charge in [-0.3, -0.25) is 4.99 Å². The summed E-state index contributed by atoms with van der Waals surface area (Å²) in [4.78, 5) is 4.27. The summed E-state index contributed by atoms with van der Waals surface area (Å²) in [6, 6.07) is 3.84. The molecule has 1 aliphatic heterocycles. The number of ether oxygens (including phenoxy) is 4. The highest BCUT2D eigenvalue weighted by atomic mass is 16.5. The lowest BCUT2D eigenvalue weighted by Crippen LogP contribution is -2.45. The highest BCUT2D eigenvalue weighted by molar-refractivity contribution is 5.79. The van der Waals surface area contributed by atoms with Crippen LogP contribution in [-0.4, -0.2) is 53.1 Å². The normalized spacial score (nSPS) is 20.3. The lowest BCUT2D eigenvalue weighted by molar-refractivity contribution is 0.0243. The molecular formula is C18H29N3O4. The van der Waals surface area contributed by atoms with Crippen LogP contribution in [-0.2, 0) is 11.3 Å². The molecule has 1 atom stereocenters. The van der Waals surface area contributed by atoms with Gasteiger partial charge in [0.15, 0.2) is 17.5 Å². The van der Waals surface area contributed by atoms with Crippen molar-refractivity contribution in [3.8, 4) is 17.2 Å². The molecule has 1 aromatic rings. The van der Waals surface area contributed by atoms with Crippen molar-refractivity contribution in [1.29, 1.82) is 0 Å². The minimum Gasteiger partial charge on any atom is -0.493 e. The van der Waals surface area contributed by atoms with E-state index in [1.165, 1.54) is 0 Å². The van der Waals surface area contributed by atoms with E-state index >= 15 is 0 Å². The maximum atomic E-state index is 5.79. The molecule has 1 aromatic carbocycles. The Morgan fingerprint density at radius 2 is 1.84 bits per heavy atom. The Kier molecular flexibility index (Phi) is 6.75. The first-order valence-electron chi connectivity index (χ1n) is 8.42. The maximum Gasteiger partial charge on any atom is 0.203 e. The second-order valence-electron chi connectivity index (χ2n) is 6.21. The van der Waals surface area contributed by atoms with Gasteiger partial charge in [-0.2, -0.15) is 0 Å². The third-order valence-electron chi connectivity index (χ3n) is 4.34. The fraction of sp³-hybridized carbons (Fsp3) is 0.611. The molecule has 2 rings (SSSR count). The molecule has 140 valence electrons. The van der Waals surface area contributed by atoms with Gasteiger partial charge < -0.3 is 29.6 Å².